The normalized spacial score (nSPS) is 11.5. The lowest BCUT2D eigenvalue weighted by Gasteiger charge is -2.11. The maximum atomic E-state index is 5.59. The molecule has 0 saturated carbocycles. The lowest BCUT2D eigenvalue weighted by atomic mass is 9.97. The molecule has 0 aliphatic rings. The number of nitrogen functional groups attached to an aromatic ring is 1. The molecule has 0 unspecified atom stereocenters. The van der Waals surface area contributed by atoms with Crippen LogP contribution in [-0.2, 0) is 12.0 Å². The fraction of sp³-hybridized carbons (Fsp3) is 0.385. The van der Waals surface area contributed by atoms with Crippen molar-refractivity contribution < 1.29 is 9.15 Å². The lowest BCUT2D eigenvalue weighted by Crippen LogP contribution is -2.11. The highest BCUT2D eigenvalue weighted by Crippen LogP contribution is 2.21. The van der Waals surface area contributed by atoms with Crippen LogP contribution < -0.4 is 10.5 Å². The zero-order chi connectivity index (χ0) is 13.2. The molecule has 0 saturated heterocycles. The first-order chi connectivity index (χ1) is 8.45. The standard InChI is InChI=1S/C13H17N3O2/c1-13(2,3)12-16-15-11(18-12)8-17-10-6-4-9(14)5-7-10/h4-7H,8,14H2,1-3H3. The molecule has 0 aliphatic heterocycles. The first-order valence-corrected chi connectivity index (χ1v) is 5.76. The molecule has 0 spiro atoms. The summed E-state index contributed by atoms with van der Waals surface area (Å²) in [5.41, 5.74) is 6.15. The summed E-state index contributed by atoms with van der Waals surface area (Å²) in [5, 5.41) is 7.95. The molecule has 5 heteroatoms. The summed E-state index contributed by atoms with van der Waals surface area (Å²) >= 11 is 0. The van der Waals surface area contributed by atoms with Crippen LogP contribution in [0.2, 0.25) is 0 Å². The Labute approximate surface area is 106 Å². The molecule has 0 amide bonds. The van der Waals surface area contributed by atoms with E-state index in [2.05, 4.69) is 10.2 Å². The monoisotopic (exact) mass is 247 g/mol. The fourth-order valence-corrected chi connectivity index (χ4v) is 1.32. The van der Waals surface area contributed by atoms with Gasteiger partial charge in [0.2, 0.25) is 5.89 Å². The first-order valence-electron chi connectivity index (χ1n) is 5.76. The summed E-state index contributed by atoms with van der Waals surface area (Å²) < 4.78 is 11.0. The largest absolute Gasteiger partial charge is 0.484 e. The van der Waals surface area contributed by atoms with Crippen molar-refractivity contribution in [1.29, 1.82) is 0 Å². The summed E-state index contributed by atoms with van der Waals surface area (Å²) in [6.07, 6.45) is 0. The van der Waals surface area contributed by atoms with Crippen LogP contribution in [-0.4, -0.2) is 10.2 Å². The third kappa shape index (κ3) is 3.00. The number of hydrogen-bond acceptors (Lipinski definition) is 5. The minimum atomic E-state index is -0.146. The topological polar surface area (TPSA) is 74.2 Å². The van der Waals surface area contributed by atoms with Crippen LogP contribution >= 0.6 is 0 Å². The highest BCUT2D eigenvalue weighted by molar-refractivity contribution is 5.41. The van der Waals surface area contributed by atoms with Crippen molar-refractivity contribution in [2.75, 3.05) is 5.73 Å². The fourth-order valence-electron chi connectivity index (χ4n) is 1.32. The van der Waals surface area contributed by atoms with Gasteiger partial charge in [-0.1, -0.05) is 20.8 Å². The van der Waals surface area contributed by atoms with Gasteiger partial charge in [-0.25, -0.2) is 0 Å². The van der Waals surface area contributed by atoms with Crippen LogP contribution in [0, 0.1) is 0 Å². The van der Waals surface area contributed by atoms with E-state index in [0.29, 0.717) is 17.5 Å². The van der Waals surface area contributed by atoms with Crippen LogP contribution in [0.15, 0.2) is 28.7 Å². The van der Waals surface area contributed by atoms with Crippen molar-refractivity contribution in [3.8, 4) is 5.75 Å². The maximum absolute atomic E-state index is 5.59. The Bertz CT molecular complexity index is 512. The number of ether oxygens (including phenoxy) is 1. The summed E-state index contributed by atoms with van der Waals surface area (Å²) in [7, 11) is 0. The van der Waals surface area contributed by atoms with Crippen molar-refractivity contribution >= 4 is 5.69 Å². The van der Waals surface area contributed by atoms with Gasteiger partial charge in [-0.05, 0) is 24.3 Å². The third-order valence-corrected chi connectivity index (χ3v) is 2.35. The van der Waals surface area contributed by atoms with E-state index in [0.717, 1.165) is 5.75 Å². The van der Waals surface area contributed by atoms with Gasteiger partial charge in [0, 0.05) is 11.1 Å². The molecule has 1 heterocycles. The molecule has 5 nitrogen and oxygen atoms in total. The average molecular weight is 247 g/mol. The van der Waals surface area contributed by atoms with E-state index in [1.807, 2.05) is 20.8 Å². The van der Waals surface area contributed by atoms with E-state index in [1.54, 1.807) is 24.3 Å². The molecule has 2 N–H and O–H groups in total. The van der Waals surface area contributed by atoms with Gasteiger partial charge in [-0.15, -0.1) is 10.2 Å². The number of nitrogens with two attached hydrogens (primary N) is 1. The summed E-state index contributed by atoms with van der Waals surface area (Å²) in [5.74, 6) is 1.80. The van der Waals surface area contributed by atoms with Gasteiger partial charge in [0.05, 0.1) is 0 Å². The van der Waals surface area contributed by atoms with Crippen LogP contribution in [0.3, 0.4) is 0 Å². The Balaban J connectivity index is 1.98. The number of aromatic nitrogens is 2. The van der Waals surface area contributed by atoms with Gasteiger partial charge in [-0.2, -0.15) is 0 Å². The van der Waals surface area contributed by atoms with E-state index in [4.69, 9.17) is 14.9 Å². The Morgan fingerprint density at radius 3 is 2.39 bits per heavy atom. The second-order valence-electron chi connectivity index (χ2n) is 5.11. The molecule has 1 aromatic heterocycles. The number of rotatable bonds is 3. The Morgan fingerprint density at radius 1 is 1.17 bits per heavy atom. The molecular formula is C13H17N3O2. The molecular weight excluding hydrogens is 230 g/mol. The van der Waals surface area contributed by atoms with Gasteiger partial charge in [0.25, 0.3) is 5.89 Å². The van der Waals surface area contributed by atoms with E-state index in [1.165, 1.54) is 0 Å². The van der Waals surface area contributed by atoms with Crippen molar-refractivity contribution in [3.05, 3.63) is 36.0 Å². The van der Waals surface area contributed by atoms with E-state index >= 15 is 0 Å². The van der Waals surface area contributed by atoms with E-state index < -0.39 is 0 Å². The third-order valence-electron chi connectivity index (χ3n) is 2.35. The Hall–Kier alpha value is -2.04. The average Bonchev–Trinajstić information content (AvgIpc) is 2.77. The quantitative estimate of drug-likeness (QED) is 0.843. The van der Waals surface area contributed by atoms with Crippen molar-refractivity contribution in [3.63, 3.8) is 0 Å². The zero-order valence-corrected chi connectivity index (χ0v) is 10.8. The van der Waals surface area contributed by atoms with Crippen LogP contribution in [0.25, 0.3) is 0 Å². The van der Waals surface area contributed by atoms with Gasteiger partial charge in [0.1, 0.15) is 5.75 Å². The second kappa shape index (κ2) is 4.68. The van der Waals surface area contributed by atoms with Crippen molar-refractivity contribution in [2.24, 2.45) is 0 Å². The smallest absolute Gasteiger partial charge is 0.253 e. The molecule has 0 aliphatic carbocycles. The van der Waals surface area contributed by atoms with E-state index in [-0.39, 0.29) is 12.0 Å². The number of hydrogen-bond donors (Lipinski definition) is 1. The van der Waals surface area contributed by atoms with Gasteiger partial charge >= 0.3 is 0 Å². The minimum absolute atomic E-state index is 0.146. The predicted octanol–water partition coefficient (Wildman–Crippen LogP) is 2.53. The molecule has 0 fully saturated rings. The molecule has 0 atom stereocenters. The number of benzene rings is 1. The molecule has 0 radical (unpaired) electrons. The Kier molecular flexibility index (Phi) is 3.23. The highest BCUT2D eigenvalue weighted by atomic mass is 16.5. The summed E-state index contributed by atoms with van der Waals surface area (Å²) in [6, 6.07) is 7.17. The van der Waals surface area contributed by atoms with Crippen LogP contribution in [0.5, 0.6) is 5.75 Å². The maximum Gasteiger partial charge on any atom is 0.253 e. The zero-order valence-electron chi connectivity index (χ0n) is 10.8. The van der Waals surface area contributed by atoms with Gasteiger partial charge in [-0.3, -0.25) is 0 Å². The van der Waals surface area contributed by atoms with Crippen LogP contribution in [0.1, 0.15) is 32.6 Å². The SMILES string of the molecule is CC(C)(C)c1nnc(COc2ccc(N)cc2)o1. The Morgan fingerprint density at radius 2 is 1.83 bits per heavy atom. The molecule has 0 bridgehead atoms. The molecule has 2 rings (SSSR count). The van der Waals surface area contributed by atoms with Crippen molar-refractivity contribution in [2.45, 2.75) is 32.8 Å². The van der Waals surface area contributed by atoms with Gasteiger partial charge in [0.15, 0.2) is 6.61 Å². The van der Waals surface area contributed by atoms with Gasteiger partial charge < -0.3 is 14.9 Å². The molecule has 18 heavy (non-hydrogen) atoms. The highest BCUT2D eigenvalue weighted by Gasteiger charge is 2.21. The molecule has 96 valence electrons. The first kappa shape index (κ1) is 12.4. The van der Waals surface area contributed by atoms with Crippen molar-refractivity contribution in [1.82, 2.24) is 10.2 Å². The van der Waals surface area contributed by atoms with E-state index in [9.17, 15) is 0 Å². The predicted molar refractivity (Wildman–Crippen MR) is 68.2 cm³/mol. The second-order valence-corrected chi connectivity index (χ2v) is 5.11. The summed E-state index contributed by atoms with van der Waals surface area (Å²) in [6.45, 7) is 6.31. The lowest BCUT2D eigenvalue weighted by molar-refractivity contribution is 0.251. The minimum Gasteiger partial charge on any atom is -0.484 e. The number of nitrogens with zero attached hydrogens (tertiary/aromatic N) is 2. The molecule has 1 aromatic carbocycles. The van der Waals surface area contributed by atoms with Crippen LogP contribution in [0.4, 0.5) is 5.69 Å². The summed E-state index contributed by atoms with van der Waals surface area (Å²) in [4.78, 5) is 0. The number of anilines is 1. The molecule has 2 aromatic rings.